The van der Waals surface area contributed by atoms with Crippen molar-refractivity contribution in [1.82, 2.24) is 10.2 Å². The quantitative estimate of drug-likeness (QED) is 0.413. The van der Waals surface area contributed by atoms with Crippen LogP contribution in [0.2, 0.25) is 0 Å². The third-order valence-electron chi connectivity index (χ3n) is 2.95. The van der Waals surface area contributed by atoms with Crippen LogP contribution >= 0.6 is 11.3 Å². The zero-order valence-electron chi connectivity index (χ0n) is 11.8. The number of thiazole rings is 1. The number of aliphatic hydroxyl groups is 1. The summed E-state index contributed by atoms with van der Waals surface area (Å²) >= 11 is 1.22. The molecular weight excluding hydrogens is 279 g/mol. The Bertz CT molecular complexity index is 452. The predicted octanol–water partition coefficient (Wildman–Crippen LogP) is 0.509. The van der Waals surface area contributed by atoms with Gasteiger partial charge in [-0.25, -0.2) is 9.78 Å². The van der Waals surface area contributed by atoms with Crippen molar-refractivity contribution in [3.8, 4) is 0 Å². The fourth-order valence-electron chi connectivity index (χ4n) is 1.77. The van der Waals surface area contributed by atoms with E-state index in [9.17, 15) is 14.7 Å². The first-order valence-electron chi connectivity index (χ1n) is 6.38. The van der Waals surface area contributed by atoms with Crippen LogP contribution in [0.5, 0.6) is 0 Å². The smallest absolute Gasteiger partial charge is 0.357 e. The second-order valence-electron chi connectivity index (χ2n) is 4.74. The Hall–Kier alpha value is -1.25. The molecule has 0 saturated heterocycles. The van der Waals surface area contributed by atoms with Crippen molar-refractivity contribution in [1.29, 1.82) is 0 Å². The molecule has 0 spiro atoms. The lowest BCUT2D eigenvalue weighted by atomic mass is 9.89. The van der Waals surface area contributed by atoms with Crippen molar-refractivity contribution >= 4 is 30.9 Å². The standard InChI is InChI=1S/C12H19BN2O4S/c1-7(2)8(15-13-6-16)4-10(17)11-14-9(5-20-11)12(18)19-3/h5-8,10,13,15,17H,4H2,1-3H3/t8-,10-/m1/s1. The minimum atomic E-state index is -0.773. The minimum Gasteiger partial charge on any atom is -0.464 e. The number of esters is 1. The monoisotopic (exact) mass is 298 g/mol. The van der Waals surface area contributed by atoms with Crippen LogP contribution in [0.3, 0.4) is 0 Å². The molecule has 0 aliphatic heterocycles. The summed E-state index contributed by atoms with van der Waals surface area (Å²) in [6.45, 7) is 4.02. The number of nitrogens with one attached hydrogen (secondary N) is 1. The maximum atomic E-state index is 11.3. The molecule has 0 aliphatic rings. The summed E-state index contributed by atoms with van der Waals surface area (Å²) in [7, 11) is 1.54. The van der Waals surface area contributed by atoms with Gasteiger partial charge in [0.25, 0.3) is 7.41 Å². The summed E-state index contributed by atoms with van der Waals surface area (Å²) in [6.07, 6.45) is 0.449. The van der Waals surface area contributed by atoms with E-state index in [1.54, 1.807) is 5.38 Å². The van der Waals surface area contributed by atoms with Gasteiger partial charge in [0.15, 0.2) is 5.69 Å². The van der Waals surface area contributed by atoms with Crippen molar-refractivity contribution in [3.63, 3.8) is 0 Å². The highest BCUT2D eigenvalue weighted by Crippen LogP contribution is 2.24. The lowest BCUT2D eigenvalue weighted by Crippen LogP contribution is -2.38. The second kappa shape index (κ2) is 8.13. The Labute approximate surface area is 122 Å². The summed E-state index contributed by atoms with van der Waals surface area (Å²) in [5, 5.41) is 15.3. The lowest BCUT2D eigenvalue weighted by Gasteiger charge is -2.23. The average Bonchev–Trinajstić information content (AvgIpc) is 2.91. The molecular formula is C12H19BN2O4S. The first-order valence-corrected chi connectivity index (χ1v) is 7.26. The van der Waals surface area contributed by atoms with Crippen molar-refractivity contribution in [3.05, 3.63) is 16.1 Å². The zero-order valence-corrected chi connectivity index (χ0v) is 12.6. The van der Waals surface area contributed by atoms with Crippen LogP contribution in [-0.2, 0) is 9.53 Å². The van der Waals surface area contributed by atoms with Gasteiger partial charge in [-0.05, 0) is 12.3 Å². The summed E-state index contributed by atoms with van der Waals surface area (Å²) < 4.78 is 4.57. The summed E-state index contributed by atoms with van der Waals surface area (Å²) in [5.41, 5.74) is 0.202. The number of nitrogens with zero attached hydrogens (tertiary/aromatic N) is 1. The maximum Gasteiger partial charge on any atom is 0.357 e. The predicted molar refractivity (Wildman–Crippen MR) is 78.7 cm³/mol. The highest BCUT2D eigenvalue weighted by Gasteiger charge is 2.22. The van der Waals surface area contributed by atoms with E-state index in [1.165, 1.54) is 18.4 Å². The Morgan fingerprint density at radius 3 is 2.90 bits per heavy atom. The Balaban J connectivity index is 2.68. The summed E-state index contributed by atoms with van der Waals surface area (Å²) in [6, 6.07) is 0.000627. The number of ether oxygens (including phenoxy) is 1. The van der Waals surface area contributed by atoms with Crippen LogP contribution in [0.25, 0.3) is 0 Å². The highest BCUT2D eigenvalue weighted by atomic mass is 32.1. The van der Waals surface area contributed by atoms with E-state index < -0.39 is 12.1 Å². The highest BCUT2D eigenvalue weighted by molar-refractivity contribution is 7.09. The van der Waals surface area contributed by atoms with Gasteiger partial charge < -0.3 is 19.9 Å². The molecule has 2 N–H and O–H groups in total. The van der Waals surface area contributed by atoms with E-state index in [-0.39, 0.29) is 25.1 Å². The van der Waals surface area contributed by atoms with Crippen LogP contribution in [0.4, 0.5) is 0 Å². The van der Waals surface area contributed by atoms with Crippen LogP contribution in [0.15, 0.2) is 5.38 Å². The van der Waals surface area contributed by atoms with Gasteiger partial charge in [0.1, 0.15) is 11.1 Å². The SMILES string of the molecule is COC(=O)c1csc([C@H](O)C[C@@H](NBC=O)C(C)C)n1. The molecule has 0 aromatic carbocycles. The minimum absolute atomic E-state index is 0.000627. The third-order valence-corrected chi connectivity index (χ3v) is 3.89. The van der Waals surface area contributed by atoms with Gasteiger partial charge in [-0.3, -0.25) is 0 Å². The van der Waals surface area contributed by atoms with Gasteiger partial charge in [0, 0.05) is 11.4 Å². The molecule has 8 heteroatoms. The van der Waals surface area contributed by atoms with E-state index in [1.807, 2.05) is 13.8 Å². The molecule has 2 atom stereocenters. The normalized spacial score (nSPS) is 13.8. The molecule has 6 nitrogen and oxygen atoms in total. The summed E-state index contributed by atoms with van der Waals surface area (Å²) in [4.78, 5) is 25.8. The number of rotatable bonds is 8. The van der Waals surface area contributed by atoms with Gasteiger partial charge in [0.05, 0.1) is 13.3 Å². The number of methoxy groups -OCH3 is 1. The van der Waals surface area contributed by atoms with Gasteiger partial charge in [-0.1, -0.05) is 13.8 Å². The van der Waals surface area contributed by atoms with Gasteiger partial charge in [0.2, 0.25) is 0 Å². The summed E-state index contributed by atoms with van der Waals surface area (Å²) in [5.74, 6) is -0.246. The molecule has 0 aliphatic carbocycles. The molecule has 0 fully saturated rings. The molecule has 1 aromatic heterocycles. The van der Waals surface area contributed by atoms with Crippen molar-refractivity contribution in [2.24, 2.45) is 5.92 Å². The largest absolute Gasteiger partial charge is 0.464 e. The van der Waals surface area contributed by atoms with Crippen molar-refractivity contribution in [2.75, 3.05) is 7.11 Å². The van der Waals surface area contributed by atoms with Crippen LogP contribution in [0, 0.1) is 5.92 Å². The Morgan fingerprint density at radius 1 is 1.65 bits per heavy atom. The first-order chi connectivity index (χ1) is 9.49. The molecule has 1 rings (SSSR count). The van der Waals surface area contributed by atoms with E-state index in [0.717, 1.165) is 6.19 Å². The maximum absolute atomic E-state index is 11.3. The van der Waals surface area contributed by atoms with Gasteiger partial charge in [-0.2, -0.15) is 0 Å². The van der Waals surface area contributed by atoms with E-state index in [4.69, 9.17) is 0 Å². The number of aliphatic hydroxyl groups excluding tert-OH is 1. The van der Waals surface area contributed by atoms with Crippen LogP contribution in [-0.4, -0.2) is 42.8 Å². The lowest BCUT2D eigenvalue weighted by molar-refractivity contribution is 0.0594. The van der Waals surface area contributed by atoms with Gasteiger partial charge in [-0.15, -0.1) is 11.3 Å². The van der Waals surface area contributed by atoms with E-state index in [0.29, 0.717) is 11.4 Å². The molecule has 20 heavy (non-hydrogen) atoms. The number of hydrogen-bond donors (Lipinski definition) is 2. The van der Waals surface area contributed by atoms with Crippen molar-refractivity contribution in [2.45, 2.75) is 32.4 Å². The molecule has 1 aromatic rings. The Kier molecular flexibility index (Phi) is 6.84. The average molecular weight is 298 g/mol. The van der Waals surface area contributed by atoms with E-state index in [2.05, 4.69) is 14.9 Å². The number of carbonyl (C=O) groups excluding carboxylic acids is 2. The first kappa shape index (κ1) is 16.8. The number of hydrogen-bond acceptors (Lipinski definition) is 7. The molecule has 0 radical (unpaired) electrons. The topological polar surface area (TPSA) is 88.5 Å². The molecule has 0 unspecified atom stereocenters. The van der Waals surface area contributed by atoms with Crippen LogP contribution < -0.4 is 5.23 Å². The molecule has 0 saturated carbocycles. The molecule has 1 heterocycles. The zero-order chi connectivity index (χ0) is 15.1. The fraction of sp³-hybridized carbons (Fsp3) is 0.583. The molecule has 0 bridgehead atoms. The molecule has 0 amide bonds. The molecule has 110 valence electrons. The van der Waals surface area contributed by atoms with Crippen LogP contribution in [0.1, 0.15) is 41.9 Å². The Morgan fingerprint density at radius 2 is 2.35 bits per heavy atom. The second-order valence-corrected chi connectivity index (χ2v) is 5.63. The number of carbonyl (C=O) groups is 2. The number of aromatic nitrogens is 1. The van der Waals surface area contributed by atoms with Gasteiger partial charge >= 0.3 is 5.97 Å². The van der Waals surface area contributed by atoms with E-state index >= 15 is 0 Å². The van der Waals surface area contributed by atoms with Crippen molar-refractivity contribution < 1.29 is 19.4 Å². The third kappa shape index (κ3) is 4.70. The fourth-order valence-corrected chi connectivity index (χ4v) is 2.56.